The number of fused-ring (bicyclic) bond motifs is 2. The fraction of sp³-hybridized carbons (Fsp3) is 0.263. The minimum Gasteiger partial charge on any atom is -0.496 e. The zero-order valence-electron chi connectivity index (χ0n) is 13.3. The van der Waals surface area contributed by atoms with Crippen LogP contribution in [0.1, 0.15) is 29.2 Å². The van der Waals surface area contributed by atoms with E-state index in [1.54, 1.807) is 13.4 Å². The lowest BCUT2D eigenvalue weighted by Gasteiger charge is -2.16. The Morgan fingerprint density at radius 2 is 2.09 bits per heavy atom. The molecule has 1 unspecified atom stereocenters. The molecule has 4 heteroatoms. The van der Waals surface area contributed by atoms with Gasteiger partial charge in [-0.15, -0.1) is 0 Å². The van der Waals surface area contributed by atoms with E-state index in [0.29, 0.717) is 0 Å². The van der Waals surface area contributed by atoms with Gasteiger partial charge in [-0.2, -0.15) is 0 Å². The SMILES string of the molecule is COc1cccc2c1CCC2Nc1ncnc2ccc(C)cc12. The summed E-state index contributed by atoms with van der Waals surface area (Å²) >= 11 is 0. The Morgan fingerprint density at radius 3 is 2.96 bits per heavy atom. The van der Waals surface area contributed by atoms with Gasteiger partial charge in [-0.05, 0) is 49.1 Å². The molecule has 2 aromatic carbocycles. The van der Waals surface area contributed by atoms with E-state index in [9.17, 15) is 0 Å². The highest BCUT2D eigenvalue weighted by molar-refractivity contribution is 5.89. The molecule has 1 aliphatic rings. The molecule has 0 radical (unpaired) electrons. The Kier molecular flexibility index (Phi) is 3.37. The largest absolute Gasteiger partial charge is 0.496 e. The number of methoxy groups -OCH3 is 1. The van der Waals surface area contributed by atoms with E-state index in [1.807, 2.05) is 12.1 Å². The standard InChI is InChI=1S/C19H19N3O/c1-12-6-8-16-15(10-12)19(21-11-20-16)22-17-9-7-14-13(17)4-3-5-18(14)23-2/h3-6,8,10-11,17H,7,9H2,1-2H3,(H,20,21,22). The number of aromatic nitrogens is 2. The molecule has 1 atom stereocenters. The Morgan fingerprint density at radius 1 is 1.17 bits per heavy atom. The first-order chi connectivity index (χ1) is 11.3. The fourth-order valence-corrected chi connectivity index (χ4v) is 3.41. The van der Waals surface area contributed by atoms with Crippen molar-refractivity contribution < 1.29 is 4.74 Å². The van der Waals surface area contributed by atoms with E-state index in [2.05, 4.69) is 46.5 Å². The first-order valence-electron chi connectivity index (χ1n) is 7.90. The van der Waals surface area contributed by atoms with Gasteiger partial charge in [0.2, 0.25) is 0 Å². The number of rotatable bonds is 3. The molecule has 3 aromatic rings. The number of anilines is 1. The molecule has 116 valence electrons. The second-order valence-corrected chi connectivity index (χ2v) is 6.01. The zero-order chi connectivity index (χ0) is 15.8. The zero-order valence-corrected chi connectivity index (χ0v) is 13.3. The van der Waals surface area contributed by atoms with Crippen LogP contribution in [0, 0.1) is 6.92 Å². The Hall–Kier alpha value is -2.62. The number of aryl methyl sites for hydroxylation is 1. The predicted octanol–water partition coefficient (Wildman–Crippen LogP) is 4.05. The molecule has 4 nitrogen and oxygen atoms in total. The summed E-state index contributed by atoms with van der Waals surface area (Å²) in [6, 6.07) is 12.8. The number of hydrogen-bond acceptors (Lipinski definition) is 4. The van der Waals surface area contributed by atoms with Crippen molar-refractivity contribution in [3.8, 4) is 5.75 Å². The molecule has 1 heterocycles. The van der Waals surface area contributed by atoms with Crippen LogP contribution in [0.3, 0.4) is 0 Å². The van der Waals surface area contributed by atoms with E-state index in [4.69, 9.17) is 4.74 Å². The van der Waals surface area contributed by atoms with Gasteiger partial charge in [0, 0.05) is 5.39 Å². The van der Waals surface area contributed by atoms with E-state index in [0.717, 1.165) is 35.3 Å². The van der Waals surface area contributed by atoms with Crippen molar-refractivity contribution in [2.45, 2.75) is 25.8 Å². The quantitative estimate of drug-likeness (QED) is 0.793. The first-order valence-corrected chi connectivity index (χ1v) is 7.90. The van der Waals surface area contributed by atoms with Gasteiger partial charge in [0.15, 0.2) is 0 Å². The summed E-state index contributed by atoms with van der Waals surface area (Å²) in [4.78, 5) is 8.83. The molecule has 4 rings (SSSR count). The maximum absolute atomic E-state index is 5.49. The van der Waals surface area contributed by atoms with Crippen LogP contribution >= 0.6 is 0 Å². The number of benzene rings is 2. The summed E-state index contributed by atoms with van der Waals surface area (Å²) in [6.07, 6.45) is 3.70. The van der Waals surface area contributed by atoms with Crippen LogP contribution in [0.4, 0.5) is 5.82 Å². The van der Waals surface area contributed by atoms with Gasteiger partial charge < -0.3 is 10.1 Å². The molecule has 0 saturated carbocycles. The normalized spacial score (nSPS) is 16.3. The van der Waals surface area contributed by atoms with Gasteiger partial charge in [0.05, 0.1) is 18.7 Å². The Bertz CT molecular complexity index is 876. The molecular weight excluding hydrogens is 286 g/mol. The van der Waals surface area contributed by atoms with Crippen LogP contribution in [-0.2, 0) is 6.42 Å². The topological polar surface area (TPSA) is 47.0 Å². The average Bonchev–Trinajstić information content (AvgIpc) is 2.98. The number of ether oxygens (including phenoxy) is 1. The Balaban J connectivity index is 1.73. The van der Waals surface area contributed by atoms with E-state index >= 15 is 0 Å². The molecule has 23 heavy (non-hydrogen) atoms. The number of nitrogens with zero attached hydrogens (tertiary/aromatic N) is 2. The van der Waals surface area contributed by atoms with Gasteiger partial charge in [0.25, 0.3) is 0 Å². The number of nitrogens with one attached hydrogen (secondary N) is 1. The fourth-order valence-electron chi connectivity index (χ4n) is 3.41. The van der Waals surface area contributed by atoms with Gasteiger partial charge in [0.1, 0.15) is 17.9 Å². The van der Waals surface area contributed by atoms with Crippen molar-refractivity contribution in [3.05, 3.63) is 59.4 Å². The summed E-state index contributed by atoms with van der Waals surface area (Å²) in [6.45, 7) is 2.09. The minimum absolute atomic E-state index is 0.263. The molecule has 1 aliphatic carbocycles. The molecule has 0 bridgehead atoms. The molecule has 0 amide bonds. The van der Waals surface area contributed by atoms with Gasteiger partial charge in [-0.25, -0.2) is 9.97 Å². The maximum atomic E-state index is 5.49. The summed E-state index contributed by atoms with van der Waals surface area (Å²) in [5, 5.41) is 4.68. The minimum atomic E-state index is 0.263. The molecule has 0 saturated heterocycles. The number of hydrogen-bond donors (Lipinski definition) is 1. The third kappa shape index (κ3) is 2.40. The Labute approximate surface area is 135 Å². The average molecular weight is 305 g/mol. The summed E-state index contributed by atoms with van der Waals surface area (Å²) < 4.78 is 5.49. The predicted molar refractivity (Wildman–Crippen MR) is 92.0 cm³/mol. The van der Waals surface area contributed by atoms with Gasteiger partial charge in [-0.1, -0.05) is 23.8 Å². The maximum Gasteiger partial charge on any atom is 0.137 e. The van der Waals surface area contributed by atoms with Crippen molar-refractivity contribution >= 4 is 16.7 Å². The third-order valence-corrected chi connectivity index (χ3v) is 4.55. The molecule has 0 spiro atoms. The highest BCUT2D eigenvalue weighted by Gasteiger charge is 2.25. The van der Waals surface area contributed by atoms with Crippen molar-refractivity contribution in [3.63, 3.8) is 0 Å². The molecular formula is C19H19N3O. The van der Waals surface area contributed by atoms with Crippen LogP contribution in [0.2, 0.25) is 0 Å². The van der Waals surface area contributed by atoms with Crippen molar-refractivity contribution in [2.75, 3.05) is 12.4 Å². The van der Waals surface area contributed by atoms with Crippen molar-refractivity contribution in [1.82, 2.24) is 9.97 Å². The lowest BCUT2D eigenvalue weighted by atomic mass is 10.1. The second kappa shape index (κ2) is 5.54. The van der Waals surface area contributed by atoms with Crippen molar-refractivity contribution in [1.29, 1.82) is 0 Å². The van der Waals surface area contributed by atoms with Crippen molar-refractivity contribution in [2.24, 2.45) is 0 Å². The third-order valence-electron chi connectivity index (χ3n) is 4.55. The lowest BCUT2D eigenvalue weighted by Crippen LogP contribution is -2.09. The molecule has 1 N–H and O–H groups in total. The second-order valence-electron chi connectivity index (χ2n) is 6.01. The van der Waals surface area contributed by atoms with Crippen LogP contribution < -0.4 is 10.1 Å². The highest BCUT2D eigenvalue weighted by Crippen LogP contribution is 2.39. The van der Waals surface area contributed by atoms with Crippen LogP contribution in [0.15, 0.2) is 42.7 Å². The molecule has 0 aliphatic heterocycles. The van der Waals surface area contributed by atoms with Crippen LogP contribution in [0.5, 0.6) is 5.75 Å². The summed E-state index contributed by atoms with van der Waals surface area (Å²) in [5.41, 5.74) is 4.80. The van der Waals surface area contributed by atoms with E-state index in [1.165, 1.54) is 16.7 Å². The summed E-state index contributed by atoms with van der Waals surface area (Å²) in [7, 11) is 1.73. The van der Waals surface area contributed by atoms with Gasteiger partial charge in [-0.3, -0.25) is 0 Å². The van der Waals surface area contributed by atoms with Crippen LogP contribution in [-0.4, -0.2) is 17.1 Å². The lowest BCUT2D eigenvalue weighted by molar-refractivity contribution is 0.410. The monoisotopic (exact) mass is 305 g/mol. The molecule has 0 fully saturated rings. The van der Waals surface area contributed by atoms with E-state index < -0.39 is 0 Å². The highest BCUT2D eigenvalue weighted by atomic mass is 16.5. The smallest absolute Gasteiger partial charge is 0.137 e. The molecule has 1 aromatic heterocycles. The van der Waals surface area contributed by atoms with Crippen LogP contribution in [0.25, 0.3) is 10.9 Å². The van der Waals surface area contributed by atoms with Gasteiger partial charge >= 0.3 is 0 Å². The first kappa shape index (κ1) is 14.0. The summed E-state index contributed by atoms with van der Waals surface area (Å²) in [5.74, 6) is 1.88. The van der Waals surface area contributed by atoms with E-state index in [-0.39, 0.29) is 6.04 Å².